The first-order valence-electron chi connectivity index (χ1n) is 24.2. The van der Waals surface area contributed by atoms with E-state index in [1.54, 1.807) is 71.6 Å². The Morgan fingerprint density at radius 3 is 1.81 bits per heavy atom. The summed E-state index contributed by atoms with van der Waals surface area (Å²) in [5.41, 5.74) is 10.7. The van der Waals surface area contributed by atoms with Crippen molar-refractivity contribution in [1.82, 2.24) is 36.8 Å². The first kappa shape index (κ1) is 60.4. The molecule has 0 fully saturated rings. The topological polar surface area (TPSA) is 359 Å². The maximum atomic E-state index is 13.8. The van der Waals surface area contributed by atoms with E-state index in [0.29, 0.717) is 42.7 Å². The largest absolute Gasteiger partial charge is 0.508 e. The second kappa shape index (κ2) is 33.7. The lowest BCUT2D eigenvalue weighted by Gasteiger charge is -2.24. The fourth-order valence-electron chi connectivity index (χ4n) is 7.38. The smallest absolute Gasteiger partial charge is 0.326 e. The van der Waals surface area contributed by atoms with E-state index in [1.807, 2.05) is 0 Å². The monoisotopic (exact) mass is 1050 g/mol. The molecule has 0 bridgehead atoms. The van der Waals surface area contributed by atoms with Gasteiger partial charge in [0, 0.05) is 81.2 Å². The van der Waals surface area contributed by atoms with Crippen LogP contribution in [0.2, 0.25) is 5.02 Å². The summed E-state index contributed by atoms with van der Waals surface area (Å²) < 4.78 is 0. The van der Waals surface area contributed by atoms with E-state index in [0.717, 1.165) is 11.1 Å². The molecule has 0 aliphatic rings. The first-order valence-corrected chi connectivity index (χ1v) is 24.5. The van der Waals surface area contributed by atoms with Crippen LogP contribution in [0.15, 0.2) is 84.0 Å². The molecule has 3 aromatic carbocycles. The Bertz CT molecular complexity index is 2370. The van der Waals surface area contributed by atoms with Crippen LogP contribution in [-0.4, -0.2) is 129 Å². The number of azide groups is 1. The van der Waals surface area contributed by atoms with Crippen LogP contribution in [0.25, 0.3) is 10.4 Å². The van der Waals surface area contributed by atoms with Crippen LogP contribution < -0.4 is 31.9 Å². The Morgan fingerprint density at radius 2 is 1.18 bits per heavy atom. The third-order valence-corrected chi connectivity index (χ3v) is 11.6. The van der Waals surface area contributed by atoms with Gasteiger partial charge < -0.3 is 57.2 Å². The molecule has 3 rings (SSSR count). The number of aliphatic carboxylic acids is 3. The van der Waals surface area contributed by atoms with Crippen molar-refractivity contribution in [2.45, 2.75) is 121 Å². The molecule has 0 radical (unpaired) electrons. The van der Waals surface area contributed by atoms with Crippen LogP contribution in [0.4, 0.5) is 4.79 Å². The number of carboxylic acids is 3. The average Bonchev–Trinajstić information content (AvgIpc) is 3.36. The zero-order valence-electron chi connectivity index (χ0n) is 40.9. The van der Waals surface area contributed by atoms with Gasteiger partial charge in [0.1, 0.15) is 29.9 Å². The van der Waals surface area contributed by atoms with Crippen molar-refractivity contribution in [2.24, 2.45) is 5.11 Å². The molecule has 400 valence electrons. The summed E-state index contributed by atoms with van der Waals surface area (Å²) in [5.74, 6) is -6.37. The number of nitrogens with zero attached hydrogens (tertiary/aromatic N) is 4. The van der Waals surface area contributed by atoms with Crippen LogP contribution in [0.5, 0.6) is 5.75 Å². The fraction of sp³-hybridized carbons (Fsp3) is 0.460. The van der Waals surface area contributed by atoms with Gasteiger partial charge >= 0.3 is 23.9 Å². The summed E-state index contributed by atoms with van der Waals surface area (Å²) in [6, 6.07) is 15.8. The van der Waals surface area contributed by atoms with Gasteiger partial charge in [-0.05, 0) is 91.4 Å². The van der Waals surface area contributed by atoms with Crippen molar-refractivity contribution < 1.29 is 63.6 Å². The number of halogens is 1. The minimum Gasteiger partial charge on any atom is -0.508 e. The second-order valence-corrected chi connectivity index (χ2v) is 17.7. The third kappa shape index (κ3) is 25.0. The quantitative estimate of drug-likeness (QED) is 0.0170. The summed E-state index contributed by atoms with van der Waals surface area (Å²) >= 11 is 6.06. The minimum atomic E-state index is -1.54. The molecule has 74 heavy (non-hydrogen) atoms. The molecular weight excluding hydrogens is 984 g/mol. The van der Waals surface area contributed by atoms with Crippen molar-refractivity contribution in [2.75, 3.05) is 26.2 Å². The van der Waals surface area contributed by atoms with Crippen LogP contribution >= 0.6 is 11.6 Å². The van der Waals surface area contributed by atoms with Gasteiger partial charge in [-0.1, -0.05) is 77.7 Å². The Kier molecular flexibility index (Phi) is 27.5. The number of nitrogens with one attached hydrogen (secondary N) is 6. The molecule has 3 aromatic rings. The summed E-state index contributed by atoms with van der Waals surface area (Å²) in [6.45, 7) is 1.10. The highest BCUT2D eigenvalue weighted by atomic mass is 35.5. The van der Waals surface area contributed by atoms with E-state index >= 15 is 0 Å². The molecule has 7 amide bonds. The Labute approximate surface area is 432 Å². The van der Waals surface area contributed by atoms with Crippen molar-refractivity contribution >= 4 is 65.1 Å². The summed E-state index contributed by atoms with van der Waals surface area (Å²) in [6.07, 6.45) is 1.50. The number of hydrogen-bond donors (Lipinski definition) is 10. The van der Waals surface area contributed by atoms with Gasteiger partial charge in [-0.15, -0.1) is 0 Å². The first-order chi connectivity index (χ1) is 35.4. The molecule has 0 spiro atoms. The molecular formula is C50H65ClN10O13. The molecule has 24 heteroatoms. The number of phenols is 1. The van der Waals surface area contributed by atoms with Crippen LogP contribution in [0.1, 0.15) is 93.7 Å². The number of carboxylic acid groups (broad SMARTS) is 3. The molecule has 0 aliphatic carbocycles. The third-order valence-electron chi connectivity index (χ3n) is 11.4. The summed E-state index contributed by atoms with van der Waals surface area (Å²) in [5, 5.41) is 56.9. The normalized spacial score (nSPS) is 12.3. The highest BCUT2D eigenvalue weighted by molar-refractivity contribution is 6.30. The SMILES string of the molecule is [N-]=[N+]=NCCCNC(=O)[C@H](Cc1ccc(O)cc1)NC(=O)[C@H](Cc1ccccc1)NC(=O)CCC(=O)NCCCCCC(=O)N(CCCC[C@H](NC(=O)N[C@@H](CCC(=O)O)C(=O)O)C(=O)O)Cc1ccc(Cl)cc1. The zero-order valence-corrected chi connectivity index (χ0v) is 41.6. The minimum absolute atomic E-state index is 0.0221. The van der Waals surface area contributed by atoms with Gasteiger partial charge in [-0.25, -0.2) is 14.4 Å². The van der Waals surface area contributed by atoms with Gasteiger partial charge in [0.05, 0.1) is 0 Å². The van der Waals surface area contributed by atoms with Gasteiger partial charge in [-0.2, -0.15) is 0 Å². The highest BCUT2D eigenvalue weighted by Gasteiger charge is 2.28. The number of rotatable bonds is 35. The fourth-order valence-corrected chi connectivity index (χ4v) is 7.50. The zero-order chi connectivity index (χ0) is 54.3. The van der Waals surface area contributed by atoms with Gasteiger partial charge in [0.15, 0.2) is 0 Å². The predicted octanol–water partition coefficient (Wildman–Crippen LogP) is 4.34. The number of unbranched alkanes of at least 4 members (excludes halogenated alkanes) is 3. The molecule has 0 aliphatic heterocycles. The number of aromatic hydroxyl groups is 1. The number of hydrogen-bond acceptors (Lipinski definition) is 11. The van der Waals surface area contributed by atoms with E-state index in [2.05, 4.69) is 41.9 Å². The van der Waals surface area contributed by atoms with Crippen molar-refractivity contribution in [3.8, 4) is 5.75 Å². The lowest BCUT2D eigenvalue weighted by atomic mass is 10.0. The maximum Gasteiger partial charge on any atom is 0.326 e. The maximum absolute atomic E-state index is 13.8. The van der Waals surface area contributed by atoms with Gasteiger partial charge in [-0.3, -0.25) is 28.8 Å². The molecule has 10 N–H and O–H groups in total. The molecule has 4 atom stereocenters. The van der Waals surface area contributed by atoms with Crippen molar-refractivity contribution in [3.63, 3.8) is 0 Å². The van der Waals surface area contributed by atoms with Gasteiger partial charge in [0.25, 0.3) is 0 Å². The van der Waals surface area contributed by atoms with Gasteiger partial charge in [0.2, 0.25) is 29.5 Å². The molecule has 0 unspecified atom stereocenters. The number of phenolic OH excluding ortho intramolecular Hbond substituents is 1. The molecule has 0 aromatic heterocycles. The highest BCUT2D eigenvalue weighted by Crippen LogP contribution is 2.16. The van der Waals surface area contributed by atoms with E-state index in [-0.39, 0.29) is 89.3 Å². The lowest BCUT2D eigenvalue weighted by Crippen LogP contribution is -2.55. The Balaban J connectivity index is 1.49. The summed E-state index contributed by atoms with van der Waals surface area (Å²) in [4.78, 5) is 118. The molecule has 0 saturated heterocycles. The Hall–Kier alpha value is -7.91. The van der Waals surface area contributed by atoms with Crippen LogP contribution in [0.3, 0.4) is 0 Å². The summed E-state index contributed by atoms with van der Waals surface area (Å²) in [7, 11) is 0. The van der Waals surface area contributed by atoms with E-state index < -0.39 is 84.6 Å². The van der Waals surface area contributed by atoms with Crippen molar-refractivity contribution in [1.29, 1.82) is 0 Å². The van der Waals surface area contributed by atoms with Crippen molar-refractivity contribution in [3.05, 3.63) is 111 Å². The average molecular weight is 1050 g/mol. The number of benzene rings is 3. The molecule has 0 heterocycles. The number of carbonyl (C=O) groups excluding carboxylic acids is 6. The van der Waals surface area contributed by atoms with Crippen LogP contribution in [-0.2, 0) is 57.7 Å². The van der Waals surface area contributed by atoms with Crippen LogP contribution in [0, 0.1) is 0 Å². The molecule has 23 nitrogen and oxygen atoms in total. The predicted molar refractivity (Wildman–Crippen MR) is 270 cm³/mol. The second-order valence-electron chi connectivity index (χ2n) is 17.3. The molecule has 0 saturated carbocycles. The van der Waals surface area contributed by atoms with E-state index in [4.69, 9.17) is 22.2 Å². The number of carbonyl (C=O) groups is 9. The lowest BCUT2D eigenvalue weighted by molar-refractivity contribution is -0.141. The van der Waals surface area contributed by atoms with E-state index in [1.165, 1.54) is 12.1 Å². The Morgan fingerprint density at radius 1 is 0.581 bits per heavy atom. The number of urea groups is 1. The standard InChI is InChI=1S/C50H65ClN10O13/c51-36-18-14-35(15-19-36)32-61(29-8-6-12-38(48(70)71)58-50(74)59-39(49(72)73)22-25-45(66)67)44(65)13-5-2-7-26-53-42(63)23-24-43(64)56-41(30-33-10-3-1-4-11-33)47(69)57-40(31-34-16-20-37(62)21-17-34)46(68)54-27-9-28-55-60-52/h1,3-4,10-11,14-21,38-41,62H,2,5-9,12-13,22-32H2,(H,53,63)(H,54,68)(H,56,64)(H,57,69)(H,66,67)(H,70,71)(H,72,73)(H2,58,59,74)/t38-,39-,40-,41-/m0/s1. The van der Waals surface area contributed by atoms with E-state index in [9.17, 15) is 58.5 Å². The number of amides is 7.